The van der Waals surface area contributed by atoms with E-state index >= 15 is 0 Å². The van der Waals surface area contributed by atoms with Crippen LogP contribution in [0.1, 0.15) is 18.4 Å². The molecule has 6 heteroatoms. The van der Waals surface area contributed by atoms with Crippen molar-refractivity contribution in [3.63, 3.8) is 0 Å². The van der Waals surface area contributed by atoms with E-state index in [-0.39, 0.29) is 11.6 Å². The minimum atomic E-state index is -0.0658. The van der Waals surface area contributed by atoms with Crippen LogP contribution in [-0.4, -0.2) is 51.0 Å². The van der Waals surface area contributed by atoms with Crippen molar-refractivity contribution in [3.05, 3.63) is 70.6 Å². The molecule has 2 aromatic carbocycles. The summed E-state index contributed by atoms with van der Waals surface area (Å²) in [4.78, 5) is 29.7. The Morgan fingerprint density at radius 3 is 2.41 bits per heavy atom. The third kappa shape index (κ3) is 4.27. The summed E-state index contributed by atoms with van der Waals surface area (Å²) in [5, 5.41) is 0. The second-order valence-electron chi connectivity index (χ2n) is 7.73. The Labute approximate surface area is 171 Å². The van der Waals surface area contributed by atoms with Crippen molar-refractivity contribution < 1.29 is 4.79 Å². The molecule has 152 valence electrons. The van der Waals surface area contributed by atoms with Gasteiger partial charge in [-0.15, -0.1) is 0 Å². The largest absolute Gasteiger partial charge is 0.341 e. The maximum Gasteiger partial charge on any atom is 0.328 e. The number of nitrogens with zero attached hydrogens (tertiary/aromatic N) is 4. The van der Waals surface area contributed by atoms with Gasteiger partial charge in [-0.3, -0.25) is 18.8 Å². The van der Waals surface area contributed by atoms with Gasteiger partial charge in [0.2, 0.25) is 5.91 Å². The molecule has 0 aliphatic carbocycles. The molecule has 1 saturated heterocycles. The lowest BCUT2D eigenvalue weighted by Crippen LogP contribution is -2.36. The van der Waals surface area contributed by atoms with Crippen LogP contribution in [0.5, 0.6) is 0 Å². The van der Waals surface area contributed by atoms with Gasteiger partial charge >= 0.3 is 5.69 Å². The fourth-order valence-electron chi connectivity index (χ4n) is 4.16. The van der Waals surface area contributed by atoms with Crippen molar-refractivity contribution in [1.29, 1.82) is 0 Å². The molecule has 0 spiro atoms. The molecule has 29 heavy (non-hydrogen) atoms. The van der Waals surface area contributed by atoms with Crippen LogP contribution in [0, 0.1) is 0 Å². The second-order valence-corrected chi connectivity index (χ2v) is 7.73. The van der Waals surface area contributed by atoms with Crippen molar-refractivity contribution in [3.8, 4) is 0 Å². The van der Waals surface area contributed by atoms with E-state index in [2.05, 4.69) is 29.2 Å². The Morgan fingerprint density at radius 2 is 1.62 bits per heavy atom. The molecule has 1 aromatic heterocycles. The number of hydrogen-bond donors (Lipinski definition) is 0. The zero-order valence-corrected chi connectivity index (χ0v) is 17.0. The molecule has 1 aliphatic rings. The van der Waals surface area contributed by atoms with Crippen LogP contribution in [0.2, 0.25) is 0 Å². The Morgan fingerprint density at radius 1 is 0.897 bits per heavy atom. The lowest BCUT2D eigenvalue weighted by Gasteiger charge is -2.22. The molecular formula is C23H28N4O2. The van der Waals surface area contributed by atoms with E-state index < -0.39 is 0 Å². The third-order valence-corrected chi connectivity index (χ3v) is 5.79. The van der Waals surface area contributed by atoms with Crippen LogP contribution in [0.4, 0.5) is 0 Å². The molecule has 1 fully saturated rings. The first-order valence-electron chi connectivity index (χ1n) is 10.3. The molecule has 4 rings (SSSR count). The van der Waals surface area contributed by atoms with E-state index in [4.69, 9.17) is 0 Å². The summed E-state index contributed by atoms with van der Waals surface area (Å²) < 4.78 is 3.36. The number of hydrogen-bond acceptors (Lipinski definition) is 3. The number of benzene rings is 2. The number of imidazole rings is 1. The standard InChI is InChI=1S/C23H28N4O2/c1-24-20-10-5-6-11-21(20)27(23(24)29)15-12-22(28)26-14-7-13-25(16-17-26)18-19-8-3-2-4-9-19/h2-6,8-11H,7,12-18H2,1H3. The minimum Gasteiger partial charge on any atom is -0.341 e. The number of fused-ring (bicyclic) bond motifs is 1. The number of amides is 1. The normalized spacial score (nSPS) is 15.6. The summed E-state index contributed by atoms with van der Waals surface area (Å²) in [5.74, 6) is 0.131. The van der Waals surface area contributed by atoms with E-state index in [0.717, 1.165) is 50.2 Å². The Bertz CT molecular complexity index is 1040. The molecule has 2 heterocycles. The zero-order chi connectivity index (χ0) is 20.2. The van der Waals surface area contributed by atoms with Gasteiger partial charge in [-0.05, 0) is 24.1 Å². The highest BCUT2D eigenvalue weighted by Gasteiger charge is 2.20. The van der Waals surface area contributed by atoms with Crippen molar-refractivity contribution in [1.82, 2.24) is 18.9 Å². The number of aromatic nitrogens is 2. The molecule has 0 atom stereocenters. The molecule has 1 aliphatic heterocycles. The highest BCUT2D eigenvalue weighted by atomic mass is 16.2. The van der Waals surface area contributed by atoms with Gasteiger partial charge in [0.05, 0.1) is 11.0 Å². The molecule has 0 saturated carbocycles. The lowest BCUT2D eigenvalue weighted by molar-refractivity contribution is -0.131. The zero-order valence-electron chi connectivity index (χ0n) is 17.0. The molecule has 6 nitrogen and oxygen atoms in total. The summed E-state index contributed by atoms with van der Waals surface area (Å²) >= 11 is 0. The van der Waals surface area contributed by atoms with Crippen LogP contribution < -0.4 is 5.69 Å². The van der Waals surface area contributed by atoms with Crippen molar-refractivity contribution in [2.45, 2.75) is 25.9 Å². The predicted molar refractivity (Wildman–Crippen MR) is 115 cm³/mol. The smallest absolute Gasteiger partial charge is 0.328 e. The monoisotopic (exact) mass is 392 g/mol. The first-order chi connectivity index (χ1) is 14.1. The fourth-order valence-corrected chi connectivity index (χ4v) is 4.16. The molecule has 1 amide bonds. The van der Waals surface area contributed by atoms with Gasteiger partial charge in [0, 0.05) is 52.7 Å². The highest BCUT2D eigenvalue weighted by Crippen LogP contribution is 2.13. The molecule has 0 radical (unpaired) electrons. The Balaban J connectivity index is 1.36. The summed E-state index contributed by atoms with van der Waals surface area (Å²) in [6.07, 6.45) is 1.33. The number of carbonyl (C=O) groups is 1. The molecule has 0 bridgehead atoms. The van der Waals surface area contributed by atoms with Gasteiger partial charge in [0.15, 0.2) is 0 Å². The maximum atomic E-state index is 12.8. The van der Waals surface area contributed by atoms with Gasteiger partial charge in [-0.2, -0.15) is 0 Å². The van der Waals surface area contributed by atoms with E-state index in [1.54, 1.807) is 16.2 Å². The summed E-state index contributed by atoms with van der Waals surface area (Å²) in [5.41, 5.74) is 3.03. The second kappa shape index (κ2) is 8.66. The highest BCUT2D eigenvalue weighted by molar-refractivity contribution is 5.78. The van der Waals surface area contributed by atoms with Crippen molar-refractivity contribution in [2.24, 2.45) is 7.05 Å². The number of aryl methyl sites for hydroxylation is 2. The van der Waals surface area contributed by atoms with Crippen LogP contribution in [-0.2, 0) is 24.9 Å². The van der Waals surface area contributed by atoms with Crippen LogP contribution >= 0.6 is 0 Å². The first kappa shape index (κ1) is 19.5. The van der Waals surface area contributed by atoms with Crippen molar-refractivity contribution in [2.75, 3.05) is 26.2 Å². The first-order valence-corrected chi connectivity index (χ1v) is 10.3. The van der Waals surface area contributed by atoms with Gasteiger partial charge in [0.1, 0.15) is 0 Å². The van der Waals surface area contributed by atoms with Crippen molar-refractivity contribution >= 4 is 16.9 Å². The fraction of sp³-hybridized carbons (Fsp3) is 0.391. The summed E-state index contributed by atoms with van der Waals surface area (Å²) in [7, 11) is 1.78. The van der Waals surface area contributed by atoms with E-state index in [0.29, 0.717) is 13.0 Å². The molecule has 0 N–H and O–H groups in total. The molecular weight excluding hydrogens is 364 g/mol. The average molecular weight is 393 g/mol. The molecule has 0 unspecified atom stereocenters. The summed E-state index contributed by atoms with van der Waals surface area (Å²) in [6, 6.07) is 18.2. The van der Waals surface area contributed by atoms with Gasteiger partial charge in [-0.25, -0.2) is 4.79 Å². The maximum absolute atomic E-state index is 12.8. The van der Waals surface area contributed by atoms with E-state index in [1.807, 2.05) is 35.2 Å². The van der Waals surface area contributed by atoms with Crippen LogP contribution in [0.25, 0.3) is 11.0 Å². The number of para-hydroxylation sites is 2. The van der Waals surface area contributed by atoms with Gasteiger partial charge in [0.25, 0.3) is 0 Å². The lowest BCUT2D eigenvalue weighted by atomic mass is 10.2. The molecule has 3 aromatic rings. The van der Waals surface area contributed by atoms with Crippen LogP contribution in [0.15, 0.2) is 59.4 Å². The summed E-state index contributed by atoms with van der Waals surface area (Å²) in [6.45, 7) is 4.76. The van der Waals surface area contributed by atoms with Crippen LogP contribution in [0.3, 0.4) is 0 Å². The quantitative estimate of drug-likeness (QED) is 0.670. The SMILES string of the molecule is Cn1c(=O)n(CCC(=O)N2CCCN(Cc3ccccc3)CC2)c2ccccc21. The predicted octanol–water partition coefficient (Wildman–Crippen LogP) is 2.46. The average Bonchev–Trinajstić information content (AvgIpc) is 2.90. The Hall–Kier alpha value is -2.86. The topological polar surface area (TPSA) is 50.5 Å². The van der Waals surface area contributed by atoms with Gasteiger partial charge < -0.3 is 4.90 Å². The van der Waals surface area contributed by atoms with E-state index in [9.17, 15) is 9.59 Å². The number of carbonyl (C=O) groups excluding carboxylic acids is 1. The van der Waals surface area contributed by atoms with Gasteiger partial charge in [-0.1, -0.05) is 42.5 Å². The number of rotatable bonds is 5. The van der Waals surface area contributed by atoms with E-state index in [1.165, 1.54) is 5.56 Å². The third-order valence-electron chi connectivity index (χ3n) is 5.79. The minimum absolute atomic E-state index is 0.0658. The Kier molecular flexibility index (Phi) is 5.81.